The van der Waals surface area contributed by atoms with E-state index >= 15 is 0 Å². The molecule has 15 heavy (non-hydrogen) atoms. The molecule has 2 heteroatoms. The van der Waals surface area contributed by atoms with Crippen molar-refractivity contribution < 1.29 is 4.74 Å². The lowest BCUT2D eigenvalue weighted by molar-refractivity contribution is 0.393. The molecule has 0 amide bonds. The van der Waals surface area contributed by atoms with Gasteiger partial charge in [-0.3, -0.25) is 0 Å². The lowest BCUT2D eigenvalue weighted by Crippen LogP contribution is -2.29. The van der Waals surface area contributed by atoms with Crippen LogP contribution in [0.2, 0.25) is 0 Å². The van der Waals surface area contributed by atoms with Crippen molar-refractivity contribution in [2.75, 3.05) is 7.11 Å². The van der Waals surface area contributed by atoms with Gasteiger partial charge in [-0.05, 0) is 36.5 Å². The second-order valence-electron chi connectivity index (χ2n) is 4.45. The Morgan fingerprint density at radius 1 is 1.33 bits per heavy atom. The highest BCUT2D eigenvalue weighted by molar-refractivity contribution is 5.41. The van der Waals surface area contributed by atoms with Crippen LogP contribution in [0.5, 0.6) is 5.75 Å². The summed E-state index contributed by atoms with van der Waals surface area (Å²) in [6, 6.07) is 6.89. The van der Waals surface area contributed by atoms with Crippen LogP contribution in [-0.2, 0) is 13.0 Å². The first-order chi connectivity index (χ1) is 7.22. The van der Waals surface area contributed by atoms with Crippen LogP contribution in [-0.4, -0.2) is 13.2 Å². The molecule has 1 aromatic rings. The van der Waals surface area contributed by atoms with E-state index < -0.39 is 0 Å². The molecule has 1 N–H and O–H groups in total. The molecule has 2 unspecified atom stereocenters. The molecule has 0 spiro atoms. The van der Waals surface area contributed by atoms with Gasteiger partial charge in [0.15, 0.2) is 0 Å². The zero-order valence-electron chi connectivity index (χ0n) is 9.71. The van der Waals surface area contributed by atoms with Crippen LogP contribution in [0.1, 0.15) is 25.0 Å². The van der Waals surface area contributed by atoms with Crippen LogP contribution in [0.3, 0.4) is 0 Å². The molecular formula is C13H19NO. The molecule has 1 aromatic carbocycles. The summed E-state index contributed by atoms with van der Waals surface area (Å²) < 4.78 is 5.42. The third-order valence-electron chi connectivity index (χ3n) is 3.44. The van der Waals surface area contributed by atoms with Gasteiger partial charge in [-0.25, -0.2) is 0 Å². The minimum atomic E-state index is 0.571. The largest absolute Gasteiger partial charge is 0.496 e. The van der Waals surface area contributed by atoms with Crippen LogP contribution >= 0.6 is 0 Å². The fraction of sp³-hybridized carbons (Fsp3) is 0.538. The van der Waals surface area contributed by atoms with Gasteiger partial charge in [0.1, 0.15) is 5.75 Å². The van der Waals surface area contributed by atoms with Gasteiger partial charge < -0.3 is 10.1 Å². The number of nitrogens with one attached hydrogen (secondary N) is 1. The molecule has 0 aliphatic carbocycles. The average molecular weight is 205 g/mol. The quantitative estimate of drug-likeness (QED) is 0.760. The first-order valence-corrected chi connectivity index (χ1v) is 5.60. The Bertz CT molecular complexity index is 348. The third-order valence-corrected chi connectivity index (χ3v) is 3.44. The molecule has 1 aliphatic heterocycles. The second-order valence-corrected chi connectivity index (χ2v) is 4.45. The molecule has 0 saturated carbocycles. The maximum atomic E-state index is 5.42. The van der Waals surface area contributed by atoms with Gasteiger partial charge >= 0.3 is 0 Å². The molecule has 2 atom stereocenters. The van der Waals surface area contributed by atoms with Crippen molar-refractivity contribution in [2.24, 2.45) is 5.92 Å². The van der Waals surface area contributed by atoms with E-state index in [1.807, 2.05) is 0 Å². The first kappa shape index (κ1) is 10.5. The van der Waals surface area contributed by atoms with Crippen LogP contribution < -0.4 is 10.1 Å². The van der Waals surface area contributed by atoms with Gasteiger partial charge in [-0.15, -0.1) is 0 Å². The van der Waals surface area contributed by atoms with Crippen LogP contribution in [0.15, 0.2) is 18.2 Å². The highest BCUT2D eigenvalue weighted by Crippen LogP contribution is 2.28. The second kappa shape index (κ2) is 4.23. The summed E-state index contributed by atoms with van der Waals surface area (Å²) in [5, 5.41) is 3.55. The van der Waals surface area contributed by atoms with E-state index in [0.717, 1.165) is 18.7 Å². The van der Waals surface area contributed by atoms with Crippen molar-refractivity contribution in [3.8, 4) is 5.75 Å². The molecule has 1 aliphatic rings. The van der Waals surface area contributed by atoms with Crippen molar-refractivity contribution in [3.63, 3.8) is 0 Å². The van der Waals surface area contributed by atoms with Crippen LogP contribution in [0.25, 0.3) is 0 Å². The van der Waals surface area contributed by atoms with Crippen molar-refractivity contribution in [2.45, 2.75) is 32.9 Å². The van der Waals surface area contributed by atoms with Crippen molar-refractivity contribution in [1.82, 2.24) is 5.32 Å². The number of fused-ring (bicyclic) bond motifs is 1. The van der Waals surface area contributed by atoms with Gasteiger partial charge in [-0.1, -0.05) is 19.1 Å². The molecule has 2 nitrogen and oxygen atoms in total. The first-order valence-electron chi connectivity index (χ1n) is 5.60. The minimum Gasteiger partial charge on any atom is -0.496 e. The Balaban J connectivity index is 2.38. The van der Waals surface area contributed by atoms with Crippen molar-refractivity contribution >= 4 is 0 Å². The number of hydrogen-bond donors (Lipinski definition) is 1. The summed E-state index contributed by atoms with van der Waals surface area (Å²) in [6.45, 7) is 5.50. The number of ether oxygens (including phenoxy) is 1. The normalized spacial score (nSPS) is 25.5. The van der Waals surface area contributed by atoms with E-state index in [1.54, 1.807) is 7.11 Å². The predicted molar refractivity (Wildman–Crippen MR) is 62.2 cm³/mol. The highest BCUT2D eigenvalue weighted by Gasteiger charge is 2.20. The van der Waals surface area contributed by atoms with E-state index in [9.17, 15) is 0 Å². The Morgan fingerprint density at radius 2 is 2.13 bits per heavy atom. The SMILES string of the molecule is COc1cccc2c1CC(C)C(C)NC2. The fourth-order valence-corrected chi connectivity index (χ4v) is 2.17. The van der Waals surface area contributed by atoms with E-state index in [4.69, 9.17) is 4.74 Å². The molecule has 82 valence electrons. The maximum Gasteiger partial charge on any atom is 0.122 e. The smallest absolute Gasteiger partial charge is 0.122 e. The number of hydrogen-bond acceptors (Lipinski definition) is 2. The Kier molecular flexibility index (Phi) is 2.96. The minimum absolute atomic E-state index is 0.571. The number of methoxy groups -OCH3 is 1. The molecule has 0 aromatic heterocycles. The topological polar surface area (TPSA) is 21.3 Å². The average Bonchev–Trinajstić information content (AvgIpc) is 2.39. The summed E-state index contributed by atoms with van der Waals surface area (Å²) in [6.07, 6.45) is 1.10. The summed E-state index contributed by atoms with van der Waals surface area (Å²) in [7, 11) is 1.75. The predicted octanol–water partition coefficient (Wildman–Crippen LogP) is 2.37. The van der Waals surface area contributed by atoms with Crippen LogP contribution in [0.4, 0.5) is 0 Å². The molecule has 0 radical (unpaired) electrons. The summed E-state index contributed by atoms with van der Waals surface area (Å²) in [4.78, 5) is 0. The van der Waals surface area contributed by atoms with E-state index in [1.165, 1.54) is 11.1 Å². The molecule has 2 rings (SSSR count). The standard InChI is InChI=1S/C13H19NO/c1-9-7-12-11(8-14-10(9)2)5-4-6-13(12)15-3/h4-6,9-10,14H,7-8H2,1-3H3. The summed E-state index contributed by atoms with van der Waals surface area (Å²) in [5.74, 6) is 1.69. The lowest BCUT2D eigenvalue weighted by atomic mass is 9.94. The summed E-state index contributed by atoms with van der Waals surface area (Å²) in [5.41, 5.74) is 2.76. The maximum absolute atomic E-state index is 5.42. The molecular weight excluding hydrogens is 186 g/mol. The van der Waals surface area contributed by atoms with E-state index in [0.29, 0.717) is 12.0 Å². The zero-order valence-corrected chi connectivity index (χ0v) is 9.71. The Hall–Kier alpha value is -1.02. The van der Waals surface area contributed by atoms with E-state index in [2.05, 4.69) is 37.4 Å². The van der Waals surface area contributed by atoms with Crippen molar-refractivity contribution in [3.05, 3.63) is 29.3 Å². The Labute approximate surface area is 91.6 Å². The molecule has 0 saturated heterocycles. The Morgan fingerprint density at radius 3 is 2.87 bits per heavy atom. The highest BCUT2D eigenvalue weighted by atomic mass is 16.5. The molecule has 0 bridgehead atoms. The monoisotopic (exact) mass is 205 g/mol. The van der Waals surface area contributed by atoms with Gasteiger partial charge in [0.2, 0.25) is 0 Å². The van der Waals surface area contributed by atoms with E-state index in [-0.39, 0.29) is 0 Å². The zero-order chi connectivity index (χ0) is 10.8. The lowest BCUT2D eigenvalue weighted by Gasteiger charge is -2.17. The molecule has 0 fully saturated rings. The van der Waals surface area contributed by atoms with Gasteiger partial charge in [0.05, 0.1) is 7.11 Å². The fourth-order valence-electron chi connectivity index (χ4n) is 2.17. The number of benzene rings is 1. The van der Waals surface area contributed by atoms with Gasteiger partial charge in [0.25, 0.3) is 0 Å². The molecule has 1 heterocycles. The number of rotatable bonds is 1. The third kappa shape index (κ3) is 2.00. The van der Waals surface area contributed by atoms with Gasteiger partial charge in [0, 0.05) is 12.6 Å². The van der Waals surface area contributed by atoms with Crippen molar-refractivity contribution in [1.29, 1.82) is 0 Å². The summed E-state index contributed by atoms with van der Waals surface area (Å²) >= 11 is 0. The van der Waals surface area contributed by atoms with Crippen LogP contribution in [0, 0.1) is 5.92 Å². The van der Waals surface area contributed by atoms with Gasteiger partial charge in [-0.2, -0.15) is 0 Å².